The first kappa shape index (κ1) is 25.4. The summed E-state index contributed by atoms with van der Waals surface area (Å²) in [6.07, 6.45) is 2.55. The maximum Gasteiger partial charge on any atom is 0.411 e. The summed E-state index contributed by atoms with van der Waals surface area (Å²) in [6.45, 7) is 10.5. The number of sulfonamides is 1. The van der Waals surface area contributed by atoms with Crippen molar-refractivity contribution >= 4 is 38.3 Å². The van der Waals surface area contributed by atoms with Crippen LogP contribution in [0.25, 0.3) is 10.4 Å². The molecule has 1 aliphatic heterocycles. The molecule has 2 heterocycles. The van der Waals surface area contributed by atoms with E-state index >= 15 is 0 Å². The van der Waals surface area contributed by atoms with Crippen molar-refractivity contribution in [2.75, 3.05) is 23.3 Å². The molecule has 1 saturated heterocycles. The lowest BCUT2D eigenvalue weighted by atomic mass is 10.1. The van der Waals surface area contributed by atoms with E-state index < -0.39 is 21.7 Å². The minimum absolute atomic E-state index is 0.0654. The number of thiazole rings is 1. The van der Waals surface area contributed by atoms with Gasteiger partial charge in [0, 0.05) is 42.1 Å². The molecular weight excluding hydrogens is 462 g/mol. The summed E-state index contributed by atoms with van der Waals surface area (Å²) in [5.74, 6) is 0. The number of amides is 1. The van der Waals surface area contributed by atoms with Crippen LogP contribution in [-0.4, -0.2) is 50.3 Å². The van der Waals surface area contributed by atoms with Crippen molar-refractivity contribution in [1.82, 2.24) is 9.71 Å². The number of nitrogens with two attached hydrogens (primary N) is 1. The third-order valence-corrected chi connectivity index (χ3v) is 7.76. The zero-order valence-electron chi connectivity index (χ0n) is 19.7. The van der Waals surface area contributed by atoms with Gasteiger partial charge in [0.1, 0.15) is 0 Å². The van der Waals surface area contributed by atoms with E-state index in [0.717, 1.165) is 35.9 Å². The number of carbonyl (C=O) groups is 1. The second-order valence-corrected chi connectivity index (χ2v) is 12.1. The van der Waals surface area contributed by atoms with Crippen molar-refractivity contribution in [2.45, 2.75) is 70.0 Å². The van der Waals surface area contributed by atoms with Crippen LogP contribution in [0.3, 0.4) is 0 Å². The Kier molecular flexibility index (Phi) is 7.67. The first-order valence-corrected chi connectivity index (χ1v) is 13.3. The molecular formula is C22H33N5O4S2. The molecule has 1 aromatic carbocycles. The van der Waals surface area contributed by atoms with E-state index in [4.69, 9.17) is 10.5 Å². The minimum Gasteiger partial charge on any atom is -0.447 e. The first-order chi connectivity index (χ1) is 15.3. The van der Waals surface area contributed by atoms with Crippen molar-refractivity contribution in [3.8, 4) is 10.4 Å². The van der Waals surface area contributed by atoms with Gasteiger partial charge in [-0.25, -0.2) is 22.9 Å². The number of rotatable bonds is 6. The van der Waals surface area contributed by atoms with Crippen LogP contribution in [0.5, 0.6) is 0 Å². The number of carbonyl (C=O) groups excluding carboxylic acids is 1. The highest BCUT2D eigenvalue weighted by Gasteiger charge is 2.27. The van der Waals surface area contributed by atoms with E-state index in [1.807, 2.05) is 0 Å². The standard InChI is InChI=1S/C22H33N5O4S2/c1-14(2)31-21(28)25-16-6-7-17(19(12-16)33(29,30)26-22(3,4)5)18-13-24-20(32-18)27-10-8-15(23)9-11-27/h6-7,12-15,26H,8-11,23H2,1-5H3,(H,25,28). The zero-order chi connectivity index (χ0) is 24.4. The van der Waals surface area contributed by atoms with E-state index in [2.05, 4.69) is 19.9 Å². The van der Waals surface area contributed by atoms with Gasteiger partial charge in [-0.3, -0.25) is 5.32 Å². The second-order valence-electron chi connectivity index (χ2n) is 9.48. The van der Waals surface area contributed by atoms with E-state index in [1.165, 1.54) is 17.4 Å². The molecule has 1 aliphatic rings. The van der Waals surface area contributed by atoms with Gasteiger partial charge in [0.15, 0.2) is 5.13 Å². The molecule has 4 N–H and O–H groups in total. The Morgan fingerprint density at radius 3 is 2.55 bits per heavy atom. The largest absolute Gasteiger partial charge is 0.447 e. The predicted octanol–water partition coefficient (Wildman–Crippen LogP) is 3.77. The number of nitrogens with zero attached hydrogens (tertiary/aromatic N) is 2. The molecule has 1 aromatic heterocycles. The number of anilines is 2. The highest BCUT2D eigenvalue weighted by Crippen LogP contribution is 2.37. The molecule has 3 rings (SSSR count). The number of hydrogen-bond acceptors (Lipinski definition) is 8. The van der Waals surface area contributed by atoms with Gasteiger partial charge >= 0.3 is 6.09 Å². The average molecular weight is 496 g/mol. The van der Waals surface area contributed by atoms with Crippen molar-refractivity contribution in [1.29, 1.82) is 0 Å². The van der Waals surface area contributed by atoms with E-state index in [9.17, 15) is 13.2 Å². The number of piperidine rings is 1. The van der Waals surface area contributed by atoms with E-state index in [-0.39, 0.29) is 17.0 Å². The molecule has 182 valence electrons. The van der Waals surface area contributed by atoms with Gasteiger partial charge in [0.05, 0.1) is 15.9 Å². The van der Waals surface area contributed by atoms with Crippen LogP contribution < -0.4 is 20.7 Å². The van der Waals surface area contributed by atoms with E-state index in [0.29, 0.717) is 11.3 Å². The van der Waals surface area contributed by atoms with Crippen molar-refractivity contribution < 1.29 is 17.9 Å². The summed E-state index contributed by atoms with van der Waals surface area (Å²) in [5.41, 5.74) is 6.18. The quantitative estimate of drug-likeness (QED) is 0.557. The molecule has 0 unspecified atom stereocenters. The van der Waals surface area contributed by atoms with Gasteiger partial charge in [-0.2, -0.15) is 0 Å². The lowest BCUT2D eigenvalue weighted by Crippen LogP contribution is -2.40. The van der Waals surface area contributed by atoms with Crippen LogP contribution in [-0.2, 0) is 14.8 Å². The van der Waals surface area contributed by atoms with Gasteiger partial charge < -0.3 is 15.4 Å². The van der Waals surface area contributed by atoms with Gasteiger partial charge in [0.25, 0.3) is 0 Å². The molecule has 0 radical (unpaired) electrons. The lowest BCUT2D eigenvalue weighted by Gasteiger charge is -2.29. The second kappa shape index (κ2) is 9.96. The topological polar surface area (TPSA) is 127 Å². The Balaban J connectivity index is 1.97. The molecule has 11 heteroatoms. The van der Waals surface area contributed by atoms with Crippen LogP contribution in [0.15, 0.2) is 29.3 Å². The van der Waals surface area contributed by atoms with Gasteiger partial charge in [0.2, 0.25) is 10.0 Å². The van der Waals surface area contributed by atoms with Crippen LogP contribution in [0.1, 0.15) is 47.5 Å². The summed E-state index contributed by atoms with van der Waals surface area (Å²) >= 11 is 1.44. The molecule has 0 bridgehead atoms. The van der Waals surface area contributed by atoms with Crippen LogP contribution >= 0.6 is 11.3 Å². The Morgan fingerprint density at radius 2 is 1.94 bits per heavy atom. The van der Waals surface area contributed by atoms with E-state index in [1.54, 1.807) is 52.9 Å². The highest BCUT2D eigenvalue weighted by atomic mass is 32.2. The number of aromatic nitrogens is 1. The molecule has 0 saturated carbocycles. The van der Waals surface area contributed by atoms with Crippen LogP contribution in [0.2, 0.25) is 0 Å². The van der Waals surface area contributed by atoms with Crippen molar-refractivity contribution in [3.63, 3.8) is 0 Å². The highest BCUT2D eigenvalue weighted by molar-refractivity contribution is 7.89. The normalized spacial score (nSPS) is 15.7. The summed E-state index contributed by atoms with van der Waals surface area (Å²) in [5, 5.41) is 3.44. The first-order valence-electron chi connectivity index (χ1n) is 11.0. The summed E-state index contributed by atoms with van der Waals surface area (Å²) in [6, 6.07) is 5.01. The fourth-order valence-electron chi connectivity index (χ4n) is 3.47. The summed E-state index contributed by atoms with van der Waals surface area (Å²) in [7, 11) is -3.89. The molecule has 1 fully saturated rings. The van der Waals surface area contributed by atoms with Crippen LogP contribution in [0, 0.1) is 0 Å². The maximum atomic E-state index is 13.3. The average Bonchev–Trinajstić information content (AvgIpc) is 3.16. The van der Waals surface area contributed by atoms with Crippen LogP contribution in [0.4, 0.5) is 15.6 Å². The summed E-state index contributed by atoms with van der Waals surface area (Å²) < 4.78 is 34.4. The molecule has 9 nitrogen and oxygen atoms in total. The fraction of sp³-hybridized carbons (Fsp3) is 0.545. The van der Waals surface area contributed by atoms with Gasteiger partial charge in [-0.15, -0.1) is 0 Å². The molecule has 0 spiro atoms. The Labute approximate surface area is 199 Å². The third-order valence-electron chi connectivity index (χ3n) is 4.87. The number of benzene rings is 1. The lowest BCUT2D eigenvalue weighted by molar-refractivity contribution is 0.130. The molecule has 33 heavy (non-hydrogen) atoms. The number of ether oxygens (including phenoxy) is 1. The monoisotopic (exact) mass is 495 g/mol. The zero-order valence-corrected chi connectivity index (χ0v) is 21.3. The summed E-state index contributed by atoms with van der Waals surface area (Å²) in [4.78, 5) is 19.6. The Hall–Kier alpha value is -2.21. The molecule has 1 amide bonds. The smallest absolute Gasteiger partial charge is 0.411 e. The fourth-order valence-corrected chi connectivity index (χ4v) is 6.21. The number of hydrogen-bond donors (Lipinski definition) is 3. The Morgan fingerprint density at radius 1 is 1.27 bits per heavy atom. The van der Waals surface area contributed by atoms with Crippen molar-refractivity contribution in [3.05, 3.63) is 24.4 Å². The minimum atomic E-state index is -3.89. The van der Waals surface area contributed by atoms with Crippen molar-refractivity contribution in [2.24, 2.45) is 5.73 Å². The number of nitrogens with one attached hydrogen (secondary N) is 2. The Bertz CT molecular complexity index is 1080. The predicted molar refractivity (Wildman–Crippen MR) is 132 cm³/mol. The van der Waals surface area contributed by atoms with Gasteiger partial charge in [-0.1, -0.05) is 17.4 Å². The van der Waals surface area contributed by atoms with Gasteiger partial charge in [-0.05, 0) is 59.6 Å². The molecule has 2 aromatic rings. The third kappa shape index (κ3) is 6.89. The molecule has 0 aliphatic carbocycles. The maximum absolute atomic E-state index is 13.3. The SMILES string of the molecule is CC(C)OC(=O)Nc1ccc(-c2cnc(N3CCC(N)CC3)s2)c(S(=O)(=O)NC(C)(C)C)c1. The molecule has 0 atom stereocenters.